The Hall–Kier alpha value is -1.64. The van der Waals surface area contributed by atoms with Crippen LogP contribution in [0.25, 0.3) is 0 Å². The van der Waals surface area contributed by atoms with E-state index in [0.717, 1.165) is 32.4 Å². The van der Waals surface area contributed by atoms with Crippen molar-refractivity contribution >= 4 is 11.7 Å². The van der Waals surface area contributed by atoms with E-state index in [1.165, 1.54) is 5.56 Å². The van der Waals surface area contributed by atoms with Gasteiger partial charge < -0.3 is 4.90 Å². The van der Waals surface area contributed by atoms with Gasteiger partial charge in [-0.05, 0) is 31.7 Å². The molecule has 0 saturated carbocycles. The molecule has 3 heteroatoms. The zero-order valence-electron chi connectivity index (χ0n) is 11.5. The molecular weight excluding hydrogens is 238 g/mol. The summed E-state index contributed by atoms with van der Waals surface area (Å²) >= 11 is 0. The number of ketones is 1. The third-order valence-corrected chi connectivity index (χ3v) is 3.89. The molecule has 0 bridgehead atoms. The SMILES string of the molecule is CC(=O)C1CCN(C(=O)CCc2ccccc2)CC1. The summed E-state index contributed by atoms with van der Waals surface area (Å²) in [6.45, 7) is 3.12. The lowest BCUT2D eigenvalue weighted by molar-refractivity contribution is -0.134. The van der Waals surface area contributed by atoms with Gasteiger partial charge in [-0.25, -0.2) is 0 Å². The Bertz CT molecular complexity index is 433. The van der Waals surface area contributed by atoms with Gasteiger partial charge in [0, 0.05) is 25.4 Å². The highest BCUT2D eigenvalue weighted by molar-refractivity contribution is 5.79. The first kappa shape index (κ1) is 13.8. The van der Waals surface area contributed by atoms with E-state index in [2.05, 4.69) is 12.1 Å². The van der Waals surface area contributed by atoms with Crippen LogP contribution in [0.1, 0.15) is 31.7 Å². The lowest BCUT2D eigenvalue weighted by atomic mass is 9.93. The van der Waals surface area contributed by atoms with Crippen molar-refractivity contribution in [1.29, 1.82) is 0 Å². The van der Waals surface area contributed by atoms with Gasteiger partial charge in [0.15, 0.2) is 0 Å². The third kappa shape index (κ3) is 3.91. The van der Waals surface area contributed by atoms with Crippen molar-refractivity contribution in [3.05, 3.63) is 35.9 Å². The highest BCUT2D eigenvalue weighted by atomic mass is 16.2. The smallest absolute Gasteiger partial charge is 0.222 e. The first-order valence-electron chi connectivity index (χ1n) is 6.99. The zero-order chi connectivity index (χ0) is 13.7. The van der Waals surface area contributed by atoms with Crippen LogP contribution >= 0.6 is 0 Å². The van der Waals surface area contributed by atoms with Gasteiger partial charge >= 0.3 is 0 Å². The number of nitrogens with zero attached hydrogens (tertiary/aromatic N) is 1. The second-order valence-corrected chi connectivity index (χ2v) is 5.25. The van der Waals surface area contributed by atoms with Gasteiger partial charge in [0.05, 0.1) is 0 Å². The molecule has 0 atom stereocenters. The van der Waals surface area contributed by atoms with Crippen molar-refractivity contribution in [3.63, 3.8) is 0 Å². The Morgan fingerprint density at radius 1 is 1.16 bits per heavy atom. The minimum Gasteiger partial charge on any atom is -0.343 e. The van der Waals surface area contributed by atoms with Crippen LogP contribution in [0.5, 0.6) is 0 Å². The molecule has 1 heterocycles. The van der Waals surface area contributed by atoms with Crippen molar-refractivity contribution in [2.75, 3.05) is 13.1 Å². The van der Waals surface area contributed by atoms with Gasteiger partial charge in [-0.1, -0.05) is 30.3 Å². The van der Waals surface area contributed by atoms with Gasteiger partial charge in [0.25, 0.3) is 0 Å². The number of benzene rings is 1. The summed E-state index contributed by atoms with van der Waals surface area (Å²) in [7, 11) is 0. The topological polar surface area (TPSA) is 37.4 Å². The van der Waals surface area contributed by atoms with Gasteiger partial charge in [-0.2, -0.15) is 0 Å². The summed E-state index contributed by atoms with van der Waals surface area (Å²) in [4.78, 5) is 25.3. The number of amides is 1. The maximum Gasteiger partial charge on any atom is 0.222 e. The van der Waals surface area contributed by atoms with Crippen LogP contribution in [-0.4, -0.2) is 29.7 Å². The first-order chi connectivity index (χ1) is 9.16. The summed E-state index contributed by atoms with van der Waals surface area (Å²) < 4.78 is 0. The van der Waals surface area contributed by atoms with Crippen LogP contribution in [0.2, 0.25) is 0 Å². The van der Waals surface area contributed by atoms with Crippen molar-refractivity contribution in [1.82, 2.24) is 4.90 Å². The second-order valence-electron chi connectivity index (χ2n) is 5.25. The van der Waals surface area contributed by atoms with Gasteiger partial charge in [0.2, 0.25) is 5.91 Å². The van der Waals surface area contributed by atoms with E-state index in [1.54, 1.807) is 6.92 Å². The van der Waals surface area contributed by atoms with Crippen molar-refractivity contribution in [2.24, 2.45) is 5.92 Å². The number of hydrogen-bond donors (Lipinski definition) is 0. The number of carbonyl (C=O) groups is 2. The molecule has 1 aromatic rings. The van der Waals surface area contributed by atoms with Crippen LogP contribution in [0.3, 0.4) is 0 Å². The van der Waals surface area contributed by atoms with Crippen molar-refractivity contribution < 1.29 is 9.59 Å². The van der Waals surface area contributed by atoms with E-state index in [0.29, 0.717) is 6.42 Å². The first-order valence-corrected chi connectivity index (χ1v) is 6.99. The van der Waals surface area contributed by atoms with Gasteiger partial charge in [0.1, 0.15) is 5.78 Å². The van der Waals surface area contributed by atoms with E-state index < -0.39 is 0 Å². The number of piperidine rings is 1. The molecule has 3 nitrogen and oxygen atoms in total. The fourth-order valence-corrected chi connectivity index (χ4v) is 2.59. The Morgan fingerprint density at radius 2 is 1.79 bits per heavy atom. The molecule has 0 aliphatic carbocycles. The van der Waals surface area contributed by atoms with E-state index >= 15 is 0 Å². The summed E-state index contributed by atoms with van der Waals surface area (Å²) in [6, 6.07) is 10.1. The van der Waals surface area contributed by atoms with E-state index in [4.69, 9.17) is 0 Å². The molecule has 102 valence electrons. The number of rotatable bonds is 4. The van der Waals surface area contributed by atoms with Crippen LogP contribution in [0, 0.1) is 5.92 Å². The standard InChI is InChI=1S/C16H21NO2/c1-13(18)15-9-11-17(12-10-15)16(19)8-7-14-5-3-2-4-6-14/h2-6,15H,7-12H2,1H3. The molecule has 1 saturated heterocycles. The van der Waals surface area contributed by atoms with E-state index in [-0.39, 0.29) is 17.6 Å². The Balaban J connectivity index is 1.77. The lowest BCUT2D eigenvalue weighted by Crippen LogP contribution is -2.40. The lowest BCUT2D eigenvalue weighted by Gasteiger charge is -2.31. The van der Waals surface area contributed by atoms with Crippen LogP contribution in [0.15, 0.2) is 30.3 Å². The van der Waals surface area contributed by atoms with Crippen molar-refractivity contribution in [2.45, 2.75) is 32.6 Å². The zero-order valence-corrected chi connectivity index (χ0v) is 11.5. The maximum atomic E-state index is 12.1. The third-order valence-electron chi connectivity index (χ3n) is 3.89. The van der Waals surface area contributed by atoms with Gasteiger partial charge in [-0.3, -0.25) is 9.59 Å². The molecule has 0 unspecified atom stereocenters. The Morgan fingerprint density at radius 3 is 2.37 bits per heavy atom. The molecule has 0 spiro atoms. The highest BCUT2D eigenvalue weighted by Gasteiger charge is 2.24. The summed E-state index contributed by atoms with van der Waals surface area (Å²) in [5, 5.41) is 0. The molecule has 1 aliphatic heterocycles. The molecule has 1 aromatic carbocycles. The molecule has 0 N–H and O–H groups in total. The Labute approximate surface area is 114 Å². The molecule has 1 amide bonds. The van der Waals surface area contributed by atoms with E-state index in [1.807, 2.05) is 23.1 Å². The molecular formula is C16H21NO2. The predicted molar refractivity (Wildman–Crippen MR) is 74.7 cm³/mol. The highest BCUT2D eigenvalue weighted by Crippen LogP contribution is 2.18. The molecule has 0 radical (unpaired) electrons. The average molecular weight is 259 g/mol. The molecule has 0 aromatic heterocycles. The molecule has 19 heavy (non-hydrogen) atoms. The maximum absolute atomic E-state index is 12.1. The van der Waals surface area contributed by atoms with Gasteiger partial charge in [-0.15, -0.1) is 0 Å². The molecule has 1 aliphatic rings. The summed E-state index contributed by atoms with van der Waals surface area (Å²) in [5.41, 5.74) is 1.20. The number of Topliss-reactive ketones (excluding diaryl/α,β-unsaturated/α-hetero) is 1. The summed E-state index contributed by atoms with van der Waals surface area (Å²) in [6.07, 6.45) is 3.01. The second kappa shape index (κ2) is 6.50. The average Bonchev–Trinajstić information content (AvgIpc) is 2.46. The molecule has 1 fully saturated rings. The van der Waals surface area contributed by atoms with Crippen LogP contribution in [-0.2, 0) is 16.0 Å². The van der Waals surface area contributed by atoms with Crippen molar-refractivity contribution in [3.8, 4) is 0 Å². The van der Waals surface area contributed by atoms with E-state index in [9.17, 15) is 9.59 Å². The largest absolute Gasteiger partial charge is 0.343 e. The normalized spacial score (nSPS) is 16.4. The minimum absolute atomic E-state index is 0.165. The summed E-state index contributed by atoms with van der Waals surface area (Å²) in [5.74, 6) is 0.639. The fourth-order valence-electron chi connectivity index (χ4n) is 2.59. The predicted octanol–water partition coefficient (Wildman–Crippen LogP) is 2.45. The molecule has 2 rings (SSSR count). The number of aryl methyl sites for hydroxylation is 1. The number of hydrogen-bond acceptors (Lipinski definition) is 2. The quantitative estimate of drug-likeness (QED) is 0.833. The minimum atomic E-state index is 0.165. The Kier molecular flexibility index (Phi) is 4.72. The van der Waals surface area contributed by atoms with Crippen LogP contribution < -0.4 is 0 Å². The monoisotopic (exact) mass is 259 g/mol. The van der Waals surface area contributed by atoms with Crippen LogP contribution in [0.4, 0.5) is 0 Å². The number of carbonyl (C=O) groups excluding carboxylic acids is 2. The number of likely N-dealkylation sites (tertiary alicyclic amines) is 1. The fraction of sp³-hybridized carbons (Fsp3) is 0.500.